The van der Waals surface area contributed by atoms with E-state index in [1.54, 1.807) is 0 Å². The van der Waals surface area contributed by atoms with Crippen LogP contribution in [0.3, 0.4) is 0 Å². The number of imidazole rings is 1. The van der Waals surface area contributed by atoms with Crippen molar-refractivity contribution < 1.29 is 0 Å². The zero-order valence-electron chi connectivity index (χ0n) is 9.66. The smallest absolute Gasteiger partial charge is 0.113 e. The number of rotatable bonds is 4. The molecular weight excluding hydrogens is 300 g/mol. The van der Waals surface area contributed by atoms with Crippen molar-refractivity contribution in [2.24, 2.45) is 0 Å². The zero-order chi connectivity index (χ0) is 12.3. The number of hydrogen-bond acceptors (Lipinski definition) is 1. The van der Waals surface area contributed by atoms with Crippen molar-refractivity contribution in [1.82, 2.24) is 9.55 Å². The maximum Gasteiger partial charge on any atom is 0.113 e. The lowest BCUT2D eigenvalue weighted by molar-refractivity contribution is 0.807. The fraction of sp³-hybridized carbons (Fsp3) is 0.308. The van der Waals surface area contributed by atoms with Gasteiger partial charge >= 0.3 is 0 Å². The van der Waals surface area contributed by atoms with Crippen LogP contribution in [-0.4, -0.2) is 9.55 Å². The second kappa shape index (κ2) is 5.69. The van der Waals surface area contributed by atoms with Gasteiger partial charge in [-0.05, 0) is 24.1 Å². The first-order chi connectivity index (χ1) is 8.26. The van der Waals surface area contributed by atoms with Crippen LogP contribution in [0.15, 0.2) is 30.6 Å². The minimum absolute atomic E-state index is 0.751. The van der Waals surface area contributed by atoms with E-state index in [-0.39, 0.29) is 0 Å². The summed E-state index contributed by atoms with van der Waals surface area (Å²) in [5.74, 6) is 1.08. The minimum atomic E-state index is 0.751. The van der Waals surface area contributed by atoms with E-state index in [1.807, 2.05) is 30.6 Å². The van der Waals surface area contributed by atoms with Gasteiger partial charge in [0.15, 0.2) is 0 Å². The van der Waals surface area contributed by atoms with Gasteiger partial charge in [0, 0.05) is 29.2 Å². The first-order valence-corrected chi connectivity index (χ1v) is 7.13. The number of hydrogen-bond donors (Lipinski definition) is 0. The predicted molar refractivity (Wildman–Crippen MR) is 75.2 cm³/mol. The first-order valence-electron chi connectivity index (χ1n) is 5.63. The van der Waals surface area contributed by atoms with Gasteiger partial charge in [0.25, 0.3) is 0 Å². The third-order valence-electron chi connectivity index (χ3n) is 2.64. The highest BCUT2D eigenvalue weighted by Crippen LogP contribution is 2.23. The second-order valence-electron chi connectivity index (χ2n) is 3.87. The summed E-state index contributed by atoms with van der Waals surface area (Å²) in [5.41, 5.74) is 2.32. The van der Waals surface area contributed by atoms with E-state index in [4.69, 9.17) is 11.6 Å². The lowest BCUT2D eigenvalue weighted by Gasteiger charge is -2.11. The first kappa shape index (κ1) is 12.7. The molecule has 0 radical (unpaired) electrons. The van der Waals surface area contributed by atoms with E-state index in [0.29, 0.717) is 0 Å². The van der Waals surface area contributed by atoms with Crippen molar-refractivity contribution >= 4 is 27.5 Å². The Labute approximate surface area is 115 Å². The molecule has 0 fully saturated rings. The van der Waals surface area contributed by atoms with Crippen molar-refractivity contribution in [3.05, 3.63) is 47.0 Å². The van der Waals surface area contributed by atoms with E-state index in [2.05, 4.69) is 32.4 Å². The molecule has 1 aromatic heterocycles. The molecule has 0 spiro atoms. The van der Waals surface area contributed by atoms with E-state index in [0.717, 1.165) is 34.7 Å². The second-order valence-corrected chi connectivity index (χ2v) is 4.87. The van der Waals surface area contributed by atoms with Gasteiger partial charge in [-0.25, -0.2) is 4.98 Å². The van der Waals surface area contributed by atoms with Gasteiger partial charge in [0.2, 0.25) is 0 Å². The molecule has 0 aliphatic carbocycles. The maximum absolute atomic E-state index is 6.07. The van der Waals surface area contributed by atoms with Crippen LogP contribution >= 0.6 is 27.5 Å². The summed E-state index contributed by atoms with van der Waals surface area (Å²) in [6, 6.07) is 5.94. The fourth-order valence-corrected chi connectivity index (χ4v) is 2.48. The molecule has 2 nitrogen and oxygen atoms in total. The molecule has 4 heteroatoms. The van der Waals surface area contributed by atoms with Crippen molar-refractivity contribution in [3.8, 4) is 5.69 Å². The molecule has 17 heavy (non-hydrogen) atoms. The molecule has 0 N–H and O–H groups in total. The van der Waals surface area contributed by atoms with Crippen LogP contribution in [0.5, 0.6) is 0 Å². The molecule has 90 valence electrons. The van der Waals surface area contributed by atoms with Gasteiger partial charge < -0.3 is 4.57 Å². The quantitative estimate of drug-likeness (QED) is 0.766. The van der Waals surface area contributed by atoms with Gasteiger partial charge in [0.1, 0.15) is 5.82 Å². The molecule has 0 unspecified atom stereocenters. The van der Waals surface area contributed by atoms with Crippen LogP contribution in [0, 0.1) is 0 Å². The number of alkyl halides is 1. The van der Waals surface area contributed by atoms with Gasteiger partial charge in [-0.1, -0.05) is 40.5 Å². The lowest BCUT2D eigenvalue weighted by atomic mass is 10.2. The Balaban J connectivity index is 2.51. The monoisotopic (exact) mass is 312 g/mol. The van der Waals surface area contributed by atoms with E-state index < -0.39 is 0 Å². The molecule has 2 rings (SSSR count). The van der Waals surface area contributed by atoms with Crippen LogP contribution in [0.1, 0.15) is 24.7 Å². The maximum atomic E-state index is 6.07. The third-order valence-corrected chi connectivity index (χ3v) is 3.48. The van der Waals surface area contributed by atoms with Crippen LogP contribution in [0.2, 0.25) is 5.02 Å². The summed E-state index contributed by atoms with van der Waals surface area (Å²) in [6.07, 6.45) is 5.88. The Morgan fingerprint density at radius 3 is 2.94 bits per heavy atom. The normalized spacial score (nSPS) is 10.8. The largest absolute Gasteiger partial charge is 0.303 e. The highest BCUT2D eigenvalue weighted by Gasteiger charge is 2.08. The summed E-state index contributed by atoms with van der Waals surface area (Å²) in [4.78, 5) is 4.39. The molecule has 2 aromatic rings. The molecule has 1 aromatic carbocycles. The summed E-state index contributed by atoms with van der Waals surface area (Å²) >= 11 is 9.58. The standard InChI is InChI=1S/C13H14BrClN2/c1-2-3-13-16-6-7-17(13)12-8-11(15)5-4-10(12)9-14/h4-8H,2-3,9H2,1H3. The van der Waals surface area contributed by atoms with Crippen LogP contribution in [-0.2, 0) is 11.8 Å². The Bertz CT molecular complexity index is 508. The van der Waals surface area contributed by atoms with E-state index in [9.17, 15) is 0 Å². The summed E-state index contributed by atoms with van der Waals surface area (Å²) in [6.45, 7) is 2.16. The molecule has 0 bridgehead atoms. The average Bonchev–Trinajstić information content (AvgIpc) is 2.77. The highest BCUT2D eigenvalue weighted by molar-refractivity contribution is 9.08. The van der Waals surface area contributed by atoms with E-state index in [1.165, 1.54) is 5.56 Å². The molecule has 0 aliphatic heterocycles. The van der Waals surface area contributed by atoms with Gasteiger partial charge in [0.05, 0.1) is 5.69 Å². The Kier molecular flexibility index (Phi) is 4.24. The Hall–Kier alpha value is -0.800. The highest BCUT2D eigenvalue weighted by atomic mass is 79.9. The molecule has 0 saturated heterocycles. The summed E-state index contributed by atoms with van der Waals surface area (Å²) in [7, 11) is 0. The van der Waals surface area contributed by atoms with Gasteiger partial charge in [-0.15, -0.1) is 0 Å². The zero-order valence-corrected chi connectivity index (χ0v) is 12.0. The van der Waals surface area contributed by atoms with Crippen LogP contribution < -0.4 is 0 Å². The Morgan fingerprint density at radius 2 is 2.24 bits per heavy atom. The van der Waals surface area contributed by atoms with Gasteiger partial charge in [-0.2, -0.15) is 0 Å². The topological polar surface area (TPSA) is 17.8 Å². The SMILES string of the molecule is CCCc1nccn1-c1cc(Cl)ccc1CBr. The fourth-order valence-electron chi connectivity index (χ4n) is 1.84. The van der Waals surface area contributed by atoms with Crippen molar-refractivity contribution in [2.75, 3.05) is 0 Å². The third kappa shape index (κ3) is 2.72. The van der Waals surface area contributed by atoms with E-state index >= 15 is 0 Å². The average molecular weight is 314 g/mol. The molecule has 0 saturated carbocycles. The predicted octanol–water partition coefficient (Wildman–Crippen LogP) is 4.37. The summed E-state index contributed by atoms with van der Waals surface area (Å²) in [5, 5.41) is 1.56. The molecule has 0 aliphatic rings. The summed E-state index contributed by atoms with van der Waals surface area (Å²) < 4.78 is 2.12. The van der Waals surface area contributed by atoms with Crippen molar-refractivity contribution in [3.63, 3.8) is 0 Å². The van der Waals surface area contributed by atoms with Crippen molar-refractivity contribution in [2.45, 2.75) is 25.1 Å². The van der Waals surface area contributed by atoms with Crippen molar-refractivity contribution in [1.29, 1.82) is 0 Å². The molecule has 1 heterocycles. The number of nitrogens with zero attached hydrogens (tertiary/aromatic N) is 2. The number of benzene rings is 1. The number of halogens is 2. The number of aromatic nitrogens is 2. The van der Waals surface area contributed by atoms with Gasteiger partial charge in [-0.3, -0.25) is 0 Å². The Morgan fingerprint density at radius 1 is 1.41 bits per heavy atom. The minimum Gasteiger partial charge on any atom is -0.303 e. The number of aryl methyl sites for hydroxylation is 1. The lowest BCUT2D eigenvalue weighted by Crippen LogP contribution is -2.03. The molecule has 0 amide bonds. The van der Waals surface area contributed by atoms with Crippen LogP contribution in [0.25, 0.3) is 5.69 Å². The molecule has 0 atom stereocenters. The molecular formula is C13H14BrClN2. The van der Waals surface area contributed by atoms with Crippen LogP contribution in [0.4, 0.5) is 0 Å².